The normalized spacial score (nSPS) is 14.3. The van der Waals surface area contributed by atoms with Crippen molar-refractivity contribution in [1.82, 2.24) is 14.5 Å². The second-order valence-corrected chi connectivity index (χ2v) is 7.12. The summed E-state index contributed by atoms with van der Waals surface area (Å²) in [6.07, 6.45) is 5.18. The average Bonchev–Trinajstić information content (AvgIpc) is 3.13. The molecule has 1 aromatic carbocycles. The van der Waals surface area contributed by atoms with Gasteiger partial charge in [0.15, 0.2) is 0 Å². The molecule has 1 N–H and O–H groups in total. The van der Waals surface area contributed by atoms with Crippen molar-refractivity contribution >= 4 is 22.9 Å². The maximum absolute atomic E-state index is 13.0. The van der Waals surface area contributed by atoms with Gasteiger partial charge in [-0.3, -0.25) is 9.78 Å². The zero-order valence-electron chi connectivity index (χ0n) is 16.1. The summed E-state index contributed by atoms with van der Waals surface area (Å²) in [5.74, 6) is -0.925. The summed E-state index contributed by atoms with van der Waals surface area (Å²) in [5, 5.41) is 9.14. The highest BCUT2D eigenvalue weighted by atomic mass is 16.5. The fourth-order valence-electron chi connectivity index (χ4n) is 3.71. The van der Waals surface area contributed by atoms with Crippen LogP contribution in [-0.4, -0.2) is 57.7 Å². The predicted octanol–water partition coefficient (Wildman–Crippen LogP) is 2.84. The molecule has 0 atom stereocenters. The smallest absolute Gasteiger partial charge is 0.335 e. The molecule has 1 aliphatic heterocycles. The van der Waals surface area contributed by atoms with E-state index >= 15 is 0 Å². The fraction of sp³-hybridized carbons (Fsp3) is 0.318. The van der Waals surface area contributed by atoms with Gasteiger partial charge in [-0.05, 0) is 42.7 Å². The highest BCUT2D eigenvalue weighted by Gasteiger charge is 2.23. The van der Waals surface area contributed by atoms with Crippen LogP contribution >= 0.6 is 0 Å². The Hall–Kier alpha value is -3.19. The lowest BCUT2D eigenvalue weighted by molar-refractivity contribution is 0.0304. The number of ether oxygens (including phenoxy) is 1. The molecule has 0 saturated carbocycles. The summed E-state index contributed by atoms with van der Waals surface area (Å²) >= 11 is 0. The van der Waals surface area contributed by atoms with Crippen molar-refractivity contribution in [2.75, 3.05) is 26.3 Å². The first-order chi connectivity index (χ1) is 14.1. The van der Waals surface area contributed by atoms with E-state index in [0.717, 1.165) is 36.0 Å². The van der Waals surface area contributed by atoms with Crippen molar-refractivity contribution in [3.63, 3.8) is 0 Å². The standard InChI is InChI=1S/C22H23N3O4/c26-21(24-10-12-29-13-11-24)18-15-25(19-7-2-8-23-20(18)19)9-3-5-16-4-1-6-17(14-16)22(27)28/h1-2,4,6-8,14-15H,3,5,9-13H2,(H,27,28). The number of morpholine rings is 1. The lowest BCUT2D eigenvalue weighted by Crippen LogP contribution is -2.40. The summed E-state index contributed by atoms with van der Waals surface area (Å²) in [5.41, 5.74) is 3.57. The molecule has 0 aliphatic carbocycles. The van der Waals surface area contributed by atoms with Crippen molar-refractivity contribution in [3.05, 3.63) is 65.5 Å². The Labute approximate surface area is 168 Å². The molecule has 3 heterocycles. The Bertz CT molecular complexity index is 1040. The third kappa shape index (κ3) is 4.14. The average molecular weight is 393 g/mol. The van der Waals surface area contributed by atoms with Crippen LogP contribution in [0.15, 0.2) is 48.8 Å². The van der Waals surface area contributed by atoms with Crippen LogP contribution in [-0.2, 0) is 17.7 Å². The predicted molar refractivity (Wildman–Crippen MR) is 108 cm³/mol. The number of fused-ring (bicyclic) bond motifs is 1. The van der Waals surface area contributed by atoms with Crippen molar-refractivity contribution in [3.8, 4) is 0 Å². The quantitative estimate of drug-likeness (QED) is 0.696. The molecule has 0 bridgehead atoms. The van der Waals surface area contributed by atoms with Gasteiger partial charge in [-0.15, -0.1) is 0 Å². The number of carboxylic acids is 1. The van der Waals surface area contributed by atoms with Crippen molar-refractivity contribution in [2.45, 2.75) is 19.4 Å². The number of aromatic carboxylic acids is 1. The molecule has 2 aromatic heterocycles. The van der Waals surface area contributed by atoms with E-state index in [2.05, 4.69) is 9.55 Å². The second kappa shape index (κ2) is 8.45. The van der Waals surface area contributed by atoms with Crippen LogP contribution in [0.3, 0.4) is 0 Å². The number of pyridine rings is 1. The number of hydrogen-bond acceptors (Lipinski definition) is 4. The topological polar surface area (TPSA) is 84.7 Å². The van der Waals surface area contributed by atoms with Gasteiger partial charge in [-0.1, -0.05) is 12.1 Å². The van der Waals surface area contributed by atoms with Gasteiger partial charge >= 0.3 is 5.97 Å². The second-order valence-electron chi connectivity index (χ2n) is 7.12. The number of nitrogens with zero attached hydrogens (tertiary/aromatic N) is 3. The zero-order chi connectivity index (χ0) is 20.2. The molecule has 0 spiro atoms. The Balaban J connectivity index is 1.51. The van der Waals surface area contributed by atoms with Crippen LogP contribution in [0.2, 0.25) is 0 Å². The molecule has 1 fully saturated rings. The Morgan fingerprint density at radius 1 is 1.14 bits per heavy atom. The summed E-state index contributed by atoms with van der Waals surface area (Å²) in [6.45, 7) is 3.03. The number of aryl methyl sites for hydroxylation is 2. The van der Waals surface area contributed by atoms with Gasteiger partial charge in [0.25, 0.3) is 5.91 Å². The number of carbonyl (C=O) groups is 2. The molecule has 1 saturated heterocycles. The molecule has 150 valence electrons. The lowest BCUT2D eigenvalue weighted by Gasteiger charge is -2.26. The molecule has 0 radical (unpaired) electrons. The molecule has 0 unspecified atom stereocenters. The van der Waals surface area contributed by atoms with Crippen molar-refractivity contribution < 1.29 is 19.4 Å². The number of carboxylic acid groups (broad SMARTS) is 1. The molecule has 29 heavy (non-hydrogen) atoms. The minimum Gasteiger partial charge on any atom is -0.478 e. The van der Waals surface area contributed by atoms with E-state index in [1.54, 1.807) is 24.4 Å². The van der Waals surface area contributed by atoms with Crippen LogP contribution < -0.4 is 0 Å². The minimum atomic E-state index is -0.916. The van der Waals surface area contributed by atoms with E-state index in [1.165, 1.54) is 0 Å². The number of carbonyl (C=O) groups excluding carboxylic acids is 1. The molecule has 3 aromatic rings. The van der Waals surface area contributed by atoms with Gasteiger partial charge in [0.1, 0.15) is 5.52 Å². The first-order valence-corrected chi connectivity index (χ1v) is 9.76. The zero-order valence-corrected chi connectivity index (χ0v) is 16.1. The van der Waals surface area contributed by atoms with Gasteiger partial charge in [0.05, 0.1) is 29.9 Å². The number of aromatic nitrogens is 2. The number of benzene rings is 1. The highest BCUT2D eigenvalue weighted by Crippen LogP contribution is 2.22. The van der Waals surface area contributed by atoms with Gasteiger partial charge in [-0.2, -0.15) is 0 Å². The summed E-state index contributed by atoms with van der Waals surface area (Å²) in [6, 6.07) is 10.9. The molecule has 1 aliphatic rings. The van der Waals surface area contributed by atoms with Crippen LogP contribution in [0.4, 0.5) is 0 Å². The third-order valence-electron chi connectivity index (χ3n) is 5.20. The molecular formula is C22H23N3O4. The summed E-state index contributed by atoms with van der Waals surface area (Å²) in [4.78, 5) is 30.4. The number of amides is 1. The molecule has 7 nitrogen and oxygen atoms in total. The van der Waals surface area contributed by atoms with E-state index in [9.17, 15) is 9.59 Å². The maximum Gasteiger partial charge on any atom is 0.335 e. The van der Waals surface area contributed by atoms with Crippen molar-refractivity contribution in [1.29, 1.82) is 0 Å². The fourth-order valence-corrected chi connectivity index (χ4v) is 3.71. The molecule has 7 heteroatoms. The van der Waals surface area contributed by atoms with E-state index in [0.29, 0.717) is 37.4 Å². The first kappa shape index (κ1) is 19.1. The van der Waals surface area contributed by atoms with E-state index in [1.807, 2.05) is 29.3 Å². The van der Waals surface area contributed by atoms with Gasteiger partial charge in [0.2, 0.25) is 0 Å². The monoisotopic (exact) mass is 393 g/mol. The van der Waals surface area contributed by atoms with Crippen LogP contribution in [0.1, 0.15) is 32.7 Å². The molecular weight excluding hydrogens is 370 g/mol. The van der Waals surface area contributed by atoms with E-state index in [-0.39, 0.29) is 5.91 Å². The molecule has 1 amide bonds. The molecule has 4 rings (SSSR count). The van der Waals surface area contributed by atoms with Crippen LogP contribution in [0.5, 0.6) is 0 Å². The first-order valence-electron chi connectivity index (χ1n) is 9.76. The minimum absolute atomic E-state index is 0.00934. The van der Waals surface area contributed by atoms with Gasteiger partial charge < -0.3 is 19.3 Å². The highest BCUT2D eigenvalue weighted by molar-refractivity contribution is 6.05. The van der Waals surface area contributed by atoms with E-state index < -0.39 is 5.97 Å². The number of hydrogen-bond donors (Lipinski definition) is 1. The Morgan fingerprint density at radius 3 is 2.76 bits per heavy atom. The van der Waals surface area contributed by atoms with Crippen LogP contribution in [0.25, 0.3) is 11.0 Å². The summed E-state index contributed by atoms with van der Waals surface area (Å²) < 4.78 is 7.41. The van der Waals surface area contributed by atoms with Gasteiger partial charge in [-0.25, -0.2) is 4.79 Å². The van der Waals surface area contributed by atoms with E-state index in [4.69, 9.17) is 9.84 Å². The van der Waals surface area contributed by atoms with Gasteiger partial charge in [0, 0.05) is 32.0 Å². The largest absolute Gasteiger partial charge is 0.478 e. The number of rotatable bonds is 6. The maximum atomic E-state index is 13.0. The lowest BCUT2D eigenvalue weighted by atomic mass is 10.1. The summed E-state index contributed by atoms with van der Waals surface area (Å²) in [7, 11) is 0. The Morgan fingerprint density at radius 2 is 1.97 bits per heavy atom. The van der Waals surface area contributed by atoms with Crippen molar-refractivity contribution in [2.24, 2.45) is 0 Å². The SMILES string of the molecule is O=C(O)c1cccc(CCCn2cc(C(=O)N3CCOCC3)c3ncccc32)c1. The Kier molecular flexibility index (Phi) is 5.57. The van der Waals surface area contributed by atoms with Crippen LogP contribution in [0, 0.1) is 0 Å². The third-order valence-corrected chi connectivity index (χ3v) is 5.20.